The van der Waals surface area contributed by atoms with Crippen LogP contribution in [-0.2, 0) is 4.79 Å². The van der Waals surface area contributed by atoms with E-state index in [-0.39, 0.29) is 42.1 Å². The molecule has 5 rings (SSSR count). The van der Waals surface area contributed by atoms with Gasteiger partial charge in [-0.2, -0.15) is 0 Å². The molecule has 3 N–H and O–H groups in total. The molecule has 2 unspecified atom stereocenters. The first-order valence-corrected chi connectivity index (χ1v) is 13.7. The average molecular weight is 531 g/mol. The van der Waals surface area contributed by atoms with Gasteiger partial charge in [0.15, 0.2) is 0 Å². The predicted octanol–water partition coefficient (Wildman–Crippen LogP) is 5.71. The second-order valence-corrected chi connectivity index (χ2v) is 10.8. The zero-order valence-electron chi connectivity index (χ0n) is 20.7. The van der Waals surface area contributed by atoms with E-state index < -0.39 is 0 Å². The molecule has 0 spiro atoms. The minimum Gasteiger partial charge on any atom is -0.356 e. The summed E-state index contributed by atoms with van der Waals surface area (Å²) in [6.45, 7) is 2.65. The summed E-state index contributed by atoms with van der Waals surface area (Å²) in [5.74, 6) is 0.826. The Morgan fingerprint density at radius 2 is 1.67 bits per heavy atom. The van der Waals surface area contributed by atoms with Crippen LogP contribution >= 0.6 is 24.0 Å². The monoisotopic (exact) mass is 529 g/mol. The number of nitrogens with one attached hydrogen (secondary N) is 3. The highest BCUT2D eigenvalue weighted by Gasteiger charge is 2.39. The Morgan fingerprint density at radius 3 is 2.36 bits per heavy atom. The van der Waals surface area contributed by atoms with E-state index in [1.165, 1.54) is 32.1 Å². The van der Waals surface area contributed by atoms with Crippen molar-refractivity contribution < 1.29 is 9.59 Å². The predicted molar refractivity (Wildman–Crippen MR) is 148 cm³/mol. The van der Waals surface area contributed by atoms with E-state index in [4.69, 9.17) is 11.6 Å². The molecule has 0 aromatic heterocycles. The van der Waals surface area contributed by atoms with Gasteiger partial charge in [0, 0.05) is 29.1 Å². The molecule has 2 aromatic carbocycles. The molecule has 0 bridgehead atoms. The molecule has 2 aliphatic heterocycles. The number of hydrogen-bond acceptors (Lipinski definition) is 3. The number of piperidine rings is 1. The lowest BCUT2D eigenvalue weighted by Gasteiger charge is -2.34. The summed E-state index contributed by atoms with van der Waals surface area (Å²) in [6.07, 6.45) is 8.89. The van der Waals surface area contributed by atoms with Crippen molar-refractivity contribution in [2.45, 2.75) is 63.3 Å². The van der Waals surface area contributed by atoms with Crippen molar-refractivity contribution in [2.24, 2.45) is 11.8 Å². The summed E-state index contributed by atoms with van der Waals surface area (Å²) in [5, 5.41) is 10.3. The first-order valence-electron chi connectivity index (χ1n) is 13.3. The summed E-state index contributed by atoms with van der Waals surface area (Å²) in [4.78, 5) is 25.5. The Morgan fingerprint density at radius 1 is 0.917 bits per heavy atom. The first-order chi connectivity index (χ1) is 17.1. The maximum absolute atomic E-state index is 12.9. The zero-order valence-corrected chi connectivity index (χ0v) is 22.3. The molecule has 2 amide bonds. The third-order valence-corrected chi connectivity index (χ3v) is 8.50. The van der Waals surface area contributed by atoms with E-state index in [1.807, 2.05) is 30.3 Å². The smallest absolute Gasteiger partial charge is 0.251 e. The van der Waals surface area contributed by atoms with E-state index in [0.717, 1.165) is 60.6 Å². The van der Waals surface area contributed by atoms with E-state index in [9.17, 15) is 9.59 Å². The molecule has 194 valence electrons. The molecule has 36 heavy (non-hydrogen) atoms. The number of rotatable bonds is 6. The number of carbonyl (C=O) groups excluding carboxylic acids is 2. The standard InChI is InChI=1S/C29H36ClN3O2.ClH/c30-26-18-21(20-7-4-8-22(17-20)28(34)33-23-11-14-31-15-12-23)9-10-24(26)27(19-5-2-1-3-6-19)25-13-16-32-29(25)35;/h4,7-10,17-19,23,25,27,31H,1-3,5-6,11-16H2,(H,32,35)(H,33,34);1H. The summed E-state index contributed by atoms with van der Waals surface area (Å²) in [7, 11) is 0. The largest absolute Gasteiger partial charge is 0.356 e. The van der Waals surface area contributed by atoms with Gasteiger partial charge in [0.2, 0.25) is 5.91 Å². The molecule has 3 fully saturated rings. The minimum absolute atomic E-state index is 0. The molecule has 1 saturated carbocycles. The lowest BCUT2D eigenvalue weighted by molar-refractivity contribution is -0.123. The Labute approximate surface area is 225 Å². The van der Waals surface area contributed by atoms with Crippen LogP contribution in [0.1, 0.15) is 73.2 Å². The van der Waals surface area contributed by atoms with Crippen molar-refractivity contribution in [3.63, 3.8) is 0 Å². The van der Waals surface area contributed by atoms with Crippen molar-refractivity contribution in [1.29, 1.82) is 0 Å². The highest BCUT2D eigenvalue weighted by Crippen LogP contribution is 2.45. The molecule has 1 aliphatic carbocycles. The molecule has 2 saturated heterocycles. The van der Waals surface area contributed by atoms with Crippen LogP contribution < -0.4 is 16.0 Å². The van der Waals surface area contributed by atoms with Gasteiger partial charge in [0.1, 0.15) is 0 Å². The maximum atomic E-state index is 12.9. The number of benzene rings is 2. The lowest BCUT2D eigenvalue weighted by Crippen LogP contribution is -2.42. The van der Waals surface area contributed by atoms with E-state index >= 15 is 0 Å². The molecule has 7 heteroatoms. The van der Waals surface area contributed by atoms with Crippen molar-refractivity contribution in [1.82, 2.24) is 16.0 Å². The minimum atomic E-state index is -0.0222. The fourth-order valence-electron chi connectivity index (χ4n) is 6.30. The van der Waals surface area contributed by atoms with Crippen LogP contribution in [0.25, 0.3) is 11.1 Å². The number of hydrogen-bond donors (Lipinski definition) is 3. The average Bonchev–Trinajstić information content (AvgIpc) is 3.32. The van der Waals surface area contributed by atoms with Gasteiger partial charge < -0.3 is 16.0 Å². The molecular formula is C29H37Cl2N3O2. The van der Waals surface area contributed by atoms with Gasteiger partial charge in [-0.1, -0.05) is 55.1 Å². The van der Waals surface area contributed by atoms with Gasteiger partial charge >= 0.3 is 0 Å². The molecule has 5 nitrogen and oxygen atoms in total. The van der Waals surface area contributed by atoms with E-state index in [1.54, 1.807) is 0 Å². The second-order valence-electron chi connectivity index (χ2n) is 10.4. The van der Waals surface area contributed by atoms with Gasteiger partial charge in [0.25, 0.3) is 5.91 Å². The van der Waals surface area contributed by atoms with Crippen molar-refractivity contribution in [2.75, 3.05) is 19.6 Å². The number of halogens is 2. The highest BCUT2D eigenvalue weighted by atomic mass is 35.5. The molecule has 2 heterocycles. The lowest BCUT2D eigenvalue weighted by atomic mass is 9.70. The quantitative estimate of drug-likeness (QED) is 0.448. The van der Waals surface area contributed by atoms with Crippen LogP contribution in [-0.4, -0.2) is 37.5 Å². The van der Waals surface area contributed by atoms with Crippen molar-refractivity contribution in [3.05, 3.63) is 58.6 Å². The number of amides is 2. The van der Waals surface area contributed by atoms with Crippen LogP contribution in [0.4, 0.5) is 0 Å². The van der Waals surface area contributed by atoms with Gasteiger partial charge in [-0.05, 0) is 91.9 Å². The Bertz CT molecular complexity index is 1060. The van der Waals surface area contributed by atoms with Crippen LogP contribution in [0.5, 0.6) is 0 Å². The molecular weight excluding hydrogens is 493 g/mol. The highest BCUT2D eigenvalue weighted by molar-refractivity contribution is 6.31. The van der Waals surface area contributed by atoms with Crippen LogP contribution in [0.15, 0.2) is 42.5 Å². The fraction of sp³-hybridized carbons (Fsp3) is 0.517. The van der Waals surface area contributed by atoms with Crippen LogP contribution in [0, 0.1) is 11.8 Å². The van der Waals surface area contributed by atoms with Gasteiger partial charge in [-0.25, -0.2) is 0 Å². The Balaban J connectivity index is 0.00000304. The van der Waals surface area contributed by atoms with Gasteiger partial charge in [-0.3, -0.25) is 9.59 Å². The topological polar surface area (TPSA) is 70.2 Å². The van der Waals surface area contributed by atoms with E-state index in [2.05, 4.69) is 28.1 Å². The van der Waals surface area contributed by atoms with Crippen LogP contribution in [0.2, 0.25) is 5.02 Å². The molecule has 2 aromatic rings. The first kappa shape index (κ1) is 27.0. The SMILES string of the molecule is Cl.O=C(NC1CCNCC1)c1cccc(-c2ccc(C(C3CCCCC3)C3CCNC3=O)c(Cl)c2)c1. The number of carbonyl (C=O) groups is 2. The molecule has 2 atom stereocenters. The van der Waals surface area contributed by atoms with Gasteiger partial charge in [-0.15, -0.1) is 12.4 Å². The summed E-state index contributed by atoms with van der Waals surface area (Å²) >= 11 is 6.93. The normalized spacial score (nSPS) is 21.9. The third kappa shape index (κ3) is 6.07. The summed E-state index contributed by atoms with van der Waals surface area (Å²) in [5.41, 5.74) is 3.74. The summed E-state index contributed by atoms with van der Waals surface area (Å²) < 4.78 is 0. The summed E-state index contributed by atoms with van der Waals surface area (Å²) in [6, 6.07) is 14.3. The van der Waals surface area contributed by atoms with Gasteiger partial charge in [0.05, 0.1) is 0 Å². The zero-order chi connectivity index (χ0) is 24.2. The third-order valence-electron chi connectivity index (χ3n) is 8.17. The van der Waals surface area contributed by atoms with E-state index in [0.29, 0.717) is 11.5 Å². The Kier molecular flexibility index (Phi) is 9.32. The second kappa shape index (κ2) is 12.4. The Hall–Kier alpha value is -2.08. The van der Waals surface area contributed by atoms with Crippen molar-refractivity contribution in [3.8, 4) is 11.1 Å². The maximum Gasteiger partial charge on any atom is 0.251 e. The molecule has 3 aliphatic rings. The van der Waals surface area contributed by atoms with Crippen molar-refractivity contribution >= 4 is 35.8 Å². The van der Waals surface area contributed by atoms with Crippen LogP contribution in [0.3, 0.4) is 0 Å². The fourth-order valence-corrected chi connectivity index (χ4v) is 6.61. The molecule has 0 radical (unpaired) electrons.